The highest BCUT2D eigenvalue weighted by molar-refractivity contribution is 7.87. The molecule has 0 aromatic carbocycles. The fourth-order valence-corrected chi connectivity index (χ4v) is 3.13. The van der Waals surface area contributed by atoms with Crippen molar-refractivity contribution < 1.29 is 22.2 Å². The summed E-state index contributed by atoms with van der Waals surface area (Å²) in [4.78, 5) is 9.45. The van der Waals surface area contributed by atoms with Crippen molar-refractivity contribution in [1.29, 1.82) is 0 Å². The smallest absolute Gasteiger partial charge is 0.301 e. The predicted molar refractivity (Wildman–Crippen MR) is 72.2 cm³/mol. The molecule has 9 heteroatoms. The zero-order chi connectivity index (χ0) is 15.1. The molecule has 1 atom stereocenters. The van der Waals surface area contributed by atoms with Crippen molar-refractivity contribution in [2.75, 3.05) is 5.75 Å². The number of hydrogen-bond donors (Lipinski definition) is 0. The van der Waals surface area contributed by atoms with E-state index in [0.717, 1.165) is 11.3 Å². The van der Waals surface area contributed by atoms with Gasteiger partial charge in [0.2, 0.25) is 0 Å². The van der Waals surface area contributed by atoms with Crippen LogP contribution in [0.25, 0.3) is 0 Å². The van der Waals surface area contributed by atoms with Gasteiger partial charge in [-0.2, -0.15) is 8.78 Å². The largest absolute Gasteiger partial charge is 0.393 e. The highest BCUT2D eigenvalue weighted by Crippen LogP contribution is 2.19. The summed E-state index contributed by atoms with van der Waals surface area (Å²) in [5.41, 5.74) is 0. The number of oxime groups is 1. The molecular weight excluding hydrogens is 313 g/mol. The van der Waals surface area contributed by atoms with Gasteiger partial charge >= 0.3 is 6.08 Å². The lowest BCUT2D eigenvalue weighted by Gasteiger charge is -1.98. The summed E-state index contributed by atoms with van der Waals surface area (Å²) >= 11 is 1.09. The zero-order valence-corrected chi connectivity index (χ0v) is 12.4. The Hall–Kier alpha value is -1.22. The molecule has 0 saturated carbocycles. The van der Waals surface area contributed by atoms with E-state index >= 15 is 0 Å². The van der Waals surface area contributed by atoms with Crippen LogP contribution < -0.4 is 0 Å². The highest BCUT2D eigenvalue weighted by Gasteiger charge is 2.12. The number of aromatic nitrogens is 1. The number of thiazole rings is 1. The molecule has 0 spiro atoms. The monoisotopic (exact) mass is 326 g/mol. The Morgan fingerprint density at radius 1 is 1.55 bits per heavy atom. The Balaban J connectivity index is 2.56. The lowest BCUT2D eigenvalue weighted by atomic mass is 10.4. The average molecular weight is 326 g/mol. The van der Waals surface area contributed by atoms with Crippen molar-refractivity contribution in [3.8, 4) is 0 Å². The molecular formula is C11H13F3N2O2S2. The van der Waals surface area contributed by atoms with Crippen LogP contribution in [0.1, 0.15) is 25.1 Å². The fourth-order valence-electron chi connectivity index (χ4n) is 1.00. The average Bonchev–Trinajstić information content (AvgIpc) is 2.83. The summed E-state index contributed by atoms with van der Waals surface area (Å²) in [6.45, 7) is 3.63. The van der Waals surface area contributed by atoms with Crippen molar-refractivity contribution in [3.63, 3.8) is 0 Å². The third-order valence-corrected chi connectivity index (χ3v) is 4.46. The standard InChI is InChI=1S/C11H13F3N2O2S2/c1-7(2)18-16-6-8-5-15-11(19-8)20(17)4-3-9(12)10(13)14/h5-7H,3-4H2,1-2H3/b16-6+. The first kappa shape index (κ1) is 16.8. The van der Waals surface area contributed by atoms with E-state index < -0.39 is 29.1 Å². The van der Waals surface area contributed by atoms with Crippen LogP contribution >= 0.6 is 11.3 Å². The number of nitrogens with zero attached hydrogens (tertiary/aromatic N) is 2. The second-order valence-corrected chi connectivity index (χ2v) is 6.69. The molecule has 1 rings (SSSR count). The van der Waals surface area contributed by atoms with Crippen LogP contribution in [0, 0.1) is 0 Å². The quantitative estimate of drug-likeness (QED) is 0.569. The van der Waals surface area contributed by atoms with Gasteiger partial charge in [-0.15, -0.1) is 11.3 Å². The number of rotatable bonds is 7. The van der Waals surface area contributed by atoms with E-state index in [-0.39, 0.29) is 16.2 Å². The van der Waals surface area contributed by atoms with Crippen LogP contribution in [0.15, 0.2) is 27.6 Å². The van der Waals surface area contributed by atoms with Gasteiger partial charge in [-0.25, -0.2) is 9.37 Å². The molecule has 1 aromatic heterocycles. The van der Waals surface area contributed by atoms with Crippen LogP contribution in [0.4, 0.5) is 13.2 Å². The first-order valence-electron chi connectivity index (χ1n) is 5.63. The van der Waals surface area contributed by atoms with Gasteiger partial charge in [-0.3, -0.25) is 4.21 Å². The highest BCUT2D eigenvalue weighted by atomic mass is 32.2. The second-order valence-electron chi connectivity index (χ2n) is 3.88. The molecule has 0 radical (unpaired) electrons. The van der Waals surface area contributed by atoms with Crippen molar-refractivity contribution in [1.82, 2.24) is 4.98 Å². The molecule has 0 saturated heterocycles. The maximum absolute atomic E-state index is 12.6. The first-order chi connectivity index (χ1) is 9.40. The molecule has 0 fully saturated rings. The second kappa shape index (κ2) is 8.15. The van der Waals surface area contributed by atoms with Crippen LogP contribution in [-0.2, 0) is 15.6 Å². The van der Waals surface area contributed by atoms with Gasteiger partial charge in [0.25, 0.3) is 0 Å². The Morgan fingerprint density at radius 2 is 2.25 bits per heavy atom. The molecule has 0 bridgehead atoms. The van der Waals surface area contributed by atoms with Crippen LogP contribution in [0.3, 0.4) is 0 Å². The van der Waals surface area contributed by atoms with Crippen molar-refractivity contribution >= 4 is 28.4 Å². The van der Waals surface area contributed by atoms with E-state index in [4.69, 9.17) is 4.84 Å². The van der Waals surface area contributed by atoms with E-state index in [9.17, 15) is 17.4 Å². The normalized spacial score (nSPS) is 12.9. The molecule has 20 heavy (non-hydrogen) atoms. The van der Waals surface area contributed by atoms with E-state index in [1.54, 1.807) is 0 Å². The minimum absolute atomic E-state index is 0.0573. The Bertz CT molecular complexity index is 525. The Labute approximate surface area is 120 Å². The minimum atomic E-state index is -2.38. The molecule has 1 unspecified atom stereocenters. The number of halogens is 3. The third-order valence-electron chi connectivity index (χ3n) is 1.86. The lowest BCUT2D eigenvalue weighted by Crippen LogP contribution is -1.98. The zero-order valence-electron chi connectivity index (χ0n) is 10.8. The van der Waals surface area contributed by atoms with Gasteiger partial charge in [0.1, 0.15) is 6.10 Å². The topological polar surface area (TPSA) is 51.6 Å². The maximum atomic E-state index is 12.6. The molecule has 1 heterocycles. The lowest BCUT2D eigenvalue weighted by molar-refractivity contribution is 0.0874. The van der Waals surface area contributed by atoms with E-state index in [1.165, 1.54) is 12.4 Å². The van der Waals surface area contributed by atoms with Crippen molar-refractivity contribution in [2.24, 2.45) is 5.16 Å². The summed E-state index contributed by atoms with van der Waals surface area (Å²) in [6.07, 6.45) is -0.153. The van der Waals surface area contributed by atoms with E-state index in [1.807, 2.05) is 13.8 Å². The maximum Gasteiger partial charge on any atom is 0.301 e. The summed E-state index contributed by atoms with van der Waals surface area (Å²) in [7, 11) is -1.62. The Kier molecular flexibility index (Phi) is 6.86. The Morgan fingerprint density at radius 3 is 2.85 bits per heavy atom. The molecule has 0 aliphatic carbocycles. The minimum Gasteiger partial charge on any atom is -0.393 e. The van der Waals surface area contributed by atoms with Gasteiger partial charge in [0, 0.05) is 18.4 Å². The van der Waals surface area contributed by atoms with Crippen LogP contribution in [0.2, 0.25) is 0 Å². The summed E-state index contributed by atoms with van der Waals surface area (Å²) in [5.74, 6) is -1.78. The summed E-state index contributed by atoms with van der Waals surface area (Å²) in [6, 6.07) is 0. The van der Waals surface area contributed by atoms with Crippen LogP contribution in [-0.4, -0.2) is 27.3 Å². The summed E-state index contributed by atoms with van der Waals surface area (Å²) < 4.78 is 48.2. The molecule has 0 aliphatic heterocycles. The van der Waals surface area contributed by atoms with E-state index in [0.29, 0.717) is 4.88 Å². The van der Waals surface area contributed by atoms with Crippen molar-refractivity contribution in [3.05, 3.63) is 23.0 Å². The SMILES string of the molecule is CC(C)O/N=C/c1cnc(S(=O)CCC(F)=C(F)F)s1. The van der Waals surface area contributed by atoms with Crippen molar-refractivity contribution in [2.45, 2.75) is 30.7 Å². The van der Waals surface area contributed by atoms with Crippen LogP contribution in [0.5, 0.6) is 0 Å². The van der Waals surface area contributed by atoms with Gasteiger partial charge < -0.3 is 4.84 Å². The summed E-state index contributed by atoms with van der Waals surface area (Å²) in [5, 5.41) is 3.69. The predicted octanol–water partition coefficient (Wildman–Crippen LogP) is 3.48. The number of hydrogen-bond acceptors (Lipinski definition) is 5. The molecule has 4 nitrogen and oxygen atoms in total. The molecule has 112 valence electrons. The third kappa shape index (κ3) is 5.83. The number of allylic oxidation sites excluding steroid dienone is 1. The van der Waals surface area contributed by atoms with Gasteiger partial charge in [-0.1, -0.05) is 5.16 Å². The van der Waals surface area contributed by atoms with Gasteiger partial charge in [0.05, 0.1) is 21.9 Å². The van der Waals surface area contributed by atoms with Gasteiger partial charge in [-0.05, 0) is 13.8 Å². The van der Waals surface area contributed by atoms with E-state index in [2.05, 4.69) is 10.1 Å². The molecule has 0 amide bonds. The van der Waals surface area contributed by atoms with Gasteiger partial charge in [0.15, 0.2) is 10.2 Å². The molecule has 0 aliphatic rings. The molecule has 1 aromatic rings. The molecule has 0 N–H and O–H groups in total. The first-order valence-corrected chi connectivity index (χ1v) is 7.76. The fraction of sp³-hybridized carbons (Fsp3) is 0.455.